The maximum atomic E-state index is 12.2. The molecular weight excluding hydrogens is 242 g/mol. The smallest absolute Gasteiger partial charge is 0.254 e. The number of carbonyl (C=O) groups excluding carboxylic acids is 1. The lowest BCUT2D eigenvalue weighted by Crippen LogP contribution is -2.62. The molecule has 1 aliphatic carbocycles. The Labute approximate surface area is 112 Å². The monoisotopic (exact) mass is 261 g/mol. The van der Waals surface area contributed by atoms with E-state index in [0.29, 0.717) is 13.2 Å². The van der Waals surface area contributed by atoms with Crippen molar-refractivity contribution in [2.45, 2.75) is 38.4 Å². The highest BCUT2D eigenvalue weighted by atomic mass is 16.7. The van der Waals surface area contributed by atoms with Gasteiger partial charge in [0.1, 0.15) is 6.61 Å². The van der Waals surface area contributed by atoms with Gasteiger partial charge in [-0.25, -0.2) is 5.06 Å². The van der Waals surface area contributed by atoms with Crippen molar-refractivity contribution in [2.75, 3.05) is 6.54 Å². The minimum atomic E-state index is -0.240. The van der Waals surface area contributed by atoms with E-state index in [9.17, 15) is 9.90 Å². The molecular formula is C15H19NO3. The normalized spacial score (nSPS) is 30.5. The highest BCUT2D eigenvalue weighted by molar-refractivity contribution is 5.87. The molecule has 4 heteroatoms. The first-order chi connectivity index (χ1) is 9.20. The molecule has 1 aromatic rings. The van der Waals surface area contributed by atoms with Crippen molar-refractivity contribution in [1.29, 1.82) is 0 Å². The number of amides is 1. The fraction of sp³-hybridized carbons (Fsp3) is 0.533. The number of benzene rings is 1. The van der Waals surface area contributed by atoms with Crippen LogP contribution in [0.2, 0.25) is 0 Å². The summed E-state index contributed by atoms with van der Waals surface area (Å²) in [5.41, 5.74) is 0.825. The minimum Gasteiger partial charge on any atom is -0.393 e. The molecule has 102 valence electrons. The summed E-state index contributed by atoms with van der Waals surface area (Å²) in [6.07, 6.45) is 2.82. The summed E-state index contributed by atoms with van der Waals surface area (Å²) in [4.78, 5) is 17.7. The third-order valence-corrected chi connectivity index (χ3v) is 4.27. The second-order valence-electron chi connectivity index (χ2n) is 5.61. The summed E-state index contributed by atoms with van der Waals surface area (Å²) >= 11 is 0. The van der Waals surface area contributed by atoms with Crippen LogP contribution in [0, 0.1) is 5.41 Å². The zero-order valence-electron chi connectivity index (χ0n) is 10.9. The number of rotatable bonds is 3. The summed E-state index contributed by atoms with van der Waals surface area (Å²) < 4.78 is 0. The molecule has 1 aromatic carbocycles. The van der Waals surface area contributed by atoms with Crippen LogP contribution in [0.25, 0.3) is 0 Å². The standard InChI is InChI=1S/C15H19NO3/c17-13-6-8-15(9-7-13)11-16(14(15)18)19-10-12-4-2-1-3-5-12/h1-5,13,17H,6-11H2. The summed E-state index contributed by atoms with van der Waals surface area (Å²) in [7, 11) is 0. The lowest BCUT2D eigenvalue weighted by Gasteiger charge is -2.50. The number of β-lactam (4-membered cyclic amide) rings is 1. The number of hydroxylamine groups is 2. The van der Waals surface area contributed by atoms with Crippen LogP contribution in [0.5, 0.6) is 0 Å². The van der Waals surface area contributed by atoms with E-state index in [4.69, 9.17) is 4.84 Å². The predicted octanol–water partition coefficient (Wildman–Crippen LogP) is 1.88. The van der Waals surface area contributed by atoms with Crippen molar-refractivity contribution in [2.24, 2.45) is 5.41 Å². The van der Waals surface area contributed by atoms with Crippen molar-refractivity contribution in [3.05, 3.63) is 35.9 Å². The molecule has 4 nitrogen and oxygen atoms in total. The van der Waals surface area contributed by atoms with Gasteiger partial charge >= 0.3 is 0 Å². The number of aliphatic hydroxyl groups is 1. The fourth-order valence-electron chi connectivity index (χ4n) is 2.95. The maximum absolute atomic E-state index is 12.2. The molecule has 1 spiro atoms. The number of hydrogen-bond acceptors (Lipinski definition) is 3. The number of aliphatic hydroxyl groups excluding tert-OH is 1. The van der Waals surface area contributed by atoms with E-state index < -0.39 is 0 Å². The van der Waals surface area contributed by atoms with E-state index >= 15 is 0 Å². The van der Waals surface area contributed by atoms with E-state index in [0.717, 1.165) is 31.2 Å². The van der Waals surface area contributed by atoms with Crippen LogP contribution < -0.4 is 0 Å². The van der Waals surface area contributed by atoms with Gasteiger partial charge in [0.25, 0.3) is 5.91 Å². The Morgan fingerprint density at radius 2 is 1.95 bits per heavy atom. The second kappa shape index (κ2) is 4.94. The Bertz CT molecular complexity index is 452. The Hall–Kier alpha value is -1.39. The number of carbonyl (C=O) groups is 1. The molecule has 1 heterocycles. The highest BCUT2D eigenvalue weighted by Gasteiger charge is 2.54. The van der Waals surface area contributed by atoms with Crippen molar-refractivity contribution in [3.63, 3.8) is 0 Å². The van der Waals surface area contributed by atoms with E-state index in [1.165, 1.54) is 5.06 Å². The van der Waals surface area contributed by atoms with Gasteiger partial charge in [-0.05, 0) is 31.2 Å². The molecule has 0 bridgehead atoms. The van der Waals surface area contributed by atoms with Gasteiger partial charge in [-0.1, -0.05) is 30.3 Å². The summed E-state index contributed by atoms with van der Waals surface area (Å²) in [6, 6.07) is 9.84. The van der Waals surface area contributed by atoms with Crippen molar-refractivity contribution in [3.8, 4) is 0 Å². The van der Waals surface area contributed by atoms with Gasteiger partial charge in [0.05, 0.1) is 18.1 Å². The molecule has 19 heavy (non-hydrogen) atoms. The first kappa shape index (κ1) is 12.6. The van der Waals surface area contributed by atoms with Gasteiger partial charge in [-0.3, -0.25) is 9.63 Å². The molecule has 1 saturated heterocycles. The average Bonchev–Trinajstić information content (AvgIpc) is 2.46. The zero-order chi connectivity index (χ0) is 13.3. The second-order valence-corrected chi connectivity index (χ2v) is 5.61. The van der Waals surface area contributed by atoms with Crippen LogP contribution in [-0.2, 0) is 16.2 Å². The minimum absolute atomic E-state index is 0.0929. The molecule has 0 unspecified atom stereocenters. The van der Waals surface area contributed by atoms with Crippen LogP contribution in [0.15, 0.2) is 30.3 Å². The SMILES string of the molecule is O=C1N(OCc2ccccc2)CC12CCC(O)CC2. The van der Waals surface area contributed by atoms with Crippen LogP contribution in [-0.4, -0.2) is 28.7 Å². The molecule has 1 saturated carbocycles. The molecule has 2 fully saturated rings. The number of hydrogen-bond donors (Lipinski definition) is 1. The quantitative estimate of drug-likeness (QED) is 0.845. The third kappa shape index (κ3) is 2.38. The van der Waals surface area contributed by atoms with Crippen LogP contribution >= 0.6 is 0 Å². The molecule has 0 aromatic heterocycles. The van der Waals surface area contributed by atoms with E-state index in [-0.39, 0.29) is 17.4 Å². The largest absolute Gasteiger partial charge is 0.393 e. The third-order valence-electron chi connectivity index (χ3n) is 4.27. The van der Waals surface area contributed by atoms with E-state index in [2.05, 4.69) is 0 Å². The molecule has 1 aliphatic heterocycles. The molecule has 1 N–H and O–H groups in total. The zero-order valence-corrected chi connectivity index (χ0v) is 10.9. The van der Waals surface area contributed by atoms with Crippen LogP contribution in [0.3, 0.4) is 0 Å². The first-order valence-electron chi connectivity index (χ1n) is 6.86. The summed E-state index contributed by atoms with van der Waals surface area (Å²) in [5, 5.41) is 11.0. The molecule has 1 amide bonds. The lowest BCUT2D eigenvalue weighted by molar-refractivity contribution is -0.248. The lowest BCUT2D eigenvalue weighted by atomic mass is 9.68. The van der Waals surface area contributed by atoms with E-state index in [1.807, 2.05) is 30.3 Å². The highest BCUT2D eigenvalue weighted by Crippen LogP contribution is 2.45. The first-order valence-corrected chi connectivity index (χ1v) is 6.86. The average molecular weight is 261 g/mol. The van der Waals surface area contributed by atoms with Crippen molar-refractivity contribution in [1.82, 2.24) is 5.06 Å². The van der Waals surface area contributed by atoms with Gasteiger partial charge in [-0.2, -0.15) is 0 Å². The van der Waals surface area contributed by atoms with Crippen LogP contribution in [0.1, 0.15) is 31.2 Å². The Balaban J connectivity index is 1.52. The summed E-state index contributed by atoms with van der Waals surface area (Å²) in [6.45, 7) is 1.11. The Kier molecular flexibility index (Phi) is 3.29. The van der Waals surface area contributed by atoms with Gasteiger partial charge in [-0.15, -0.1) is 0 Å². The van der Waals surface area contributed by atoms with Crippen molar-refractivity contribution >= 4 is 5.91 Å². The Morgan fingerprint density at radius 3 is 2.58 bits per heavy atom. The molecule has 0 radical (unpaired) electrons. The molecule has 2 aliphatic rings. The predicted molar refractivity (Wildman–Crippen MR) is 69.9 cm³/mol. The summed E-state index contributed by atoms with van der Waals surface area (Å²) in [5.74, 6) is 0.0929. The van der Waals surface area contributed by atoms with Crippen molar-refractivity contribution < 1.29 is 14.7 Å². The molecule has 3 rings (SSSR count). The van der Waals surface area contributed by atoms with E-state index in [1.54, 1.807) is 0 Å². The number of nitrogens with zero attached hydrogens (tertiary/aromatic N) is 1. The van der Waals surface area contributed by atoms with Gasteiger partial charge in [0, 0.05) is 0 Å². The Morgan fingerprint density at radius 1 is 1.26 bits per heavy atom. The fourth-order valence-corrected chi connectivity index (χ4v) is 2.95. The van der Waals surface area contributed by atoms with Crippen LogP contribution in [0.4, 0.5) is 0 Å². The van der Waals surface area contributed by atoms with Gasteiger partial charge in [0.2, 0.25) is 0 Å². The van der Waals surface area contributed by atoms with Gasteiger partial charge < -0.3 is 5.11 Å². The maximum Gasteiger partial charge on any atom is 0.254 e. The van der Waals surface area contributed by atoms with Gasteiger partial charge in [0.15, 0.2) is 0 Å². The topological polar surface area (TPSA) is 49.8 Å². The molecule has 0 atom stereocenters.